The van der Waals surface area contributed by atoms with Gasteiger partial charge in [-0.15, -0.1) is 0 Å². The van der Waals surface area contributed by atoms with Crippen LogP contribution in [-0.4, -0.2) is 12.0 Å². The van der Waals surface area contributed by atoms with Crippen LogP contribution in [0.3, 0.4) is 0 Å². The fourth-order valence-corrected chi connectivity index (χ4v) is 1.69. The predicted molar refractivity (Wildman–Crippen MR) is 72.9 cm³/mol. The van der Waals surface area contributed by atoms with E-state index in [0.717, 1.165) is 5.56 Å². The average molecular weight is 271 g/mol. The summed E-state index contributed by atoms with van der Waals surface area (Å²) >= 11 is 0. The number of ether oxygens (including phenoxy) is 1. The number of hydrogen-bond donors (Lipinski definition) is 1. The van der Waals surface area contributed by atoms with Crippen molar-refractivity contribution in [2.75, 3.05) is 7.05 Å². The van der Waals surface area contributed by atoms with Gasteiger partial charge in [-0.05, 0) is 31.7 Å². The monoisotopic (exact) mass is 271 g/mol. The van der Waals surface area contributed by atoms with Gasteiger partial charge in [0.05, 0.1) is 0 Å². The molecule has 102 valence electrons. The van der Waals surface area contributed by atoms with Gasteiger partial charge in [0.2, 0.25) is 5.88 Å². The van der Waals surface area contributed by atoms with E-state index in [-0.39, 0.29) is 17.4 Å². The first-order chi connectivity index (χ1) is 9.65. The van der Waals surface area contributed by atoms with Crippen molar-refractivity contribution in [3.05, 3.63) is 53.5 Å². The van der Waals surface area contributed by atoms with Gasteiger partial charge in [-0.2, -0.15) is 5.26 Å². The van der Waals surface area contributed by atoms with Gasteiger partial charge >= 0.3 is 0 Å². The summed E-state index contributed by atoms with van der Waals surface area (Å²) in [7, 11) is 1.86. The van der Waals surface area contributed by atoms with Crippen molar-refractivity contribution in [3.8, 4) is 17.7 Å². The van der Waals surface area contributed by atoms with Gasteiger partial charge in [0, 0.05) is 18.3 Å². The molecule has 20 heavy (non-hydrogen) atoms. The molecule has 1 heterocycles. The summed E-state index contributed by atoms with van der Waals surface area (Å²) in [4.78, 5) is 4.15. The summed E-state index contributed by atoms with van der Waals surface area (Å²) in [5.74, 6) is -0.126. The Kier molecular flexibility index (Phi) is 4.28. The zero-order chi connectivity index (χ0) is 14.5. The molecular weight excluding hydrogens is 257 g/mol. The highest BCUT2D eigenvalue weighted by Crippen LogP contribution is 2.25. The van der Waals surface area contributed by atoms with Crippen molar-refractivity contribution in [3.63, 3.8) is 0 Å². The van der Waals surface area contributed by atoms with Crippen molar-refractivity contribution < 1.29 is 9.13 Å². The highest BCUT2D eigenvalue weighted by atomic mass is 19.1. The predicted octanol–water partition coefficient (Wildman–Crippen LogP) is 3.17. The third-order valence-corrected chi connectivity index (χ3v) is 2.99. The van der Waals surface area contributed by atoms with Crippen LogP contribution in [0, 0.1) is 17.1 Å². The molecule has 4 nitrogen and oxygen atoms in total. The summed E-state index contributed by atoms with van der Waals surface area (Å²) in [6, 6.07) is 9.77. The fourth-order valence-electron chi connectivity index (χ4n) is 1.69. The lowest BCUT2D eigenvalue weighted by Crippen LogP contribution is -2.12. The standard InChI is InChI=1S/C15H14FN3O/c1-10(18-2)11-6-7-15(19-9-11)20-14-5-3-4-13(16)12(14)8-17/h3-7,9-10,18H,1-2H3. The molecule has 1 atom stereocenters. The van der Waals surface area contributed by atoms with Gasteiger partial charge < -0.3 is 10.1 Å². The molecule has 1 aromatic heterocycles. The van der Waals surface area contributed by atoms with Crippen molar-refractivity contribution >= 4 is 0 Å². The number of halogens is 1. The summed E-state index contributed by atoms with van der Waals surface area (Å²) < 4.78 is 18.9. The van der Waals surface area contributed by atoms with Gasteiger partial charge in [0.1, 0.15) is 23.2 Å². The van der Waals surface area contributed by atoms with E-state index < -0.39 is 5.82 Å². The van der Waals surface area contributed by atoms with Crippen LogP contribution in [0.4, 0.5) is 4.39 Å². The smallest absolute Gasteiger partial charge is 0.219 e. The molecular formula is C15H14FN3O. The van der Waals surface area contributed by atoms with E-state index in [1.54, 1.807) is 18.3 Å². The van der Waals surface area contributed by atoms with Crippen LogP contribution < -0.4 is 10.1 Å². The minimum absolute atomic E-state index is 0.123. The molecule has 0 spiro atoms. The molecule has 0 aliphatic heterocycles. The van der Waals surface area contributed by atoms with Crippen LogP contribution in [-0.2, 0) is 0 Å². The van der Waals surface area contributed by atoms with E-state index >= 15 is 0 Å². The Balaban J connectivity index is 2.23. The van der Waals surface area contributed by atoms with E-state index in [1.165, 1.54) is 18.2 Å². The van der Waals surface area contributed by atoms with Crippen LogP contribution in [0.25, 0.3) is 0 Å². The minimum Gasteiger partial charge on any atom is -0.438 e. The summed E-state index contributed by atoms with van der Waals surface area (Å²) in [6.45, 7) is 2.01. The molecule has 0 saturated carbocycles. The molecule has 0 fully saturated rings. The lowest BCUT2D eigenvalue weighted by atomic mass is 10.1. The number of nitrogens with one attached hydrogen (secondary N) is 1. The normalized spacial score (nSPS) is 11.7. The summed E-state index contributed by atoms with van der Waals surface area (Å²) in [5, 5.41) is 12.0. The summed E-state index contributed by atoms with van der Waals surface area (Å²) in [5.41, 5.74) is 0.890. The number of pyridine rings is 1. The lowest BCUT2D eigenvalue weighted by molar-refractivity contribution is 0.455. The molecule has 0 amide bonds. The van der Waals surface area contributed by atoms with Crippen LogP contribution in [0.15, 0.2) is 36.5 Å². The van der Waals surface area contributed by atoms with Gasteiger partial charge in [0.15, 0.2) is 0 Å². The zero-order valence-electron chi connectivity index (χ0n) is 11.2. The van der Waals surface area contributed by atoms with Crippen LogP contribution in [0.5, 0.6) is 11.6 Å². The molecule has 0 aliphatic carbocycles. The highest BCUT2D eigenvalue weighted by molar-refractivity contribution is 5.45. The van der Waals surface area contributed by atoms with E-state index in [2.05, 4.69) is 10.3 Å². The number of rotatable bonds is 4. The number of hydrogen-bond acceptors (Lipinski definition) is 4. The van der Waals surface area contributed by atoms with Crippen molar-refractivity contribution in [2.24, 2.45) is 0 Å². The van der Waals surface area contributed by atoms with Crippen LogP contribution >= 0.6 is 0 Å². The molecule has 0 bridgehead atoms. The number of benzene rings is 1. The average Bonchev–Trinajstić information content (AvgIpc) is 2.47. The highest BCUT2D eigenvalue weighted by Gasteiger charge is 2.10. The van der Waals surface area contributed by atoms with Crippen molar-refractivity contribution in [2.45, 2.75) is 13.0 Å². The largest absolute Gasteiger partial charge is 0.438 e. The second kappa shape index (κ2) is 6.13. The maximum absolute atomic E-state index is 13.4. The number of nitrogens with zero attached hydrogens (tertiary/aromatic N) is 2. The van der Waals surface area contributed by atoms with E-state index in [0.29, 0.717) is 5.88 Å². The minimum atomic E-state index is -0.606. The summed E-state index contributed by atoms with van der Waals surface area (Å²) in [6.07, 6.45) is 1.68. The van der Waals surface area contributed by atoms with Gasteiger partial charge in [-0.3, -0.25) is 0 Å². The molecule has 2 aromatic rings. The van der Waals surface area contributed by atoms with Crippen LogP contribution in [0.2, 0.25) is 0 Å². The molecule has 5 heteroatoms. The molecule has 1 N–H and O–H groups in total. The maximum atomic E-state index is 13.4. The van der Waals surface area contributed by atoms with Gasteiger partial charge in [0.25, 0.3) is 0 Å². The van der Waals surface area contributed by atoms with E-state index in [9.17, 15) is 4.39 Å². The second-order valence-electron chi connectivity index (χ2n) is 4.27. The topological polar surface area (TPSA) is 57.9 Å². The third-order valence-electron chi connectivity index (χ3n) is 2.99. The van der Waals surface area contributed by atoms with Crippen molar-refractivity contribution in [1.82, 2.24) is 10.3 Å². The molecule has 1 aromatic carbocycles. The number of aromatic nitrogens is 1. The Morgan fingerprint density at radius 2 is 2.15 bits per heavy atom. The van der Waals surface area contributed by atoms with Crippen molar-refractivity contribution in [1.29, 1.82) is 5.26 Å². The molecule has 0 radical (unpaired) electrons. The Morgan fingerprint density at radius 3 is 2.75 bits per heavy atom. The number of nitriles is 1. The fraction of sp³-hybridized carbons (Fsp3) is 0.200. The second-order valence-corrected chi connectivity index (χ2v) is 4.27. The molecule has 2 rings (SSSR count). The zero-order valence-corrected chi connectivity index (χ0v) is 11.2. The first-order valence-electron chi connectivity index (χ1n) is 6.15. The Labute approximate surface area is 116 Å². The molecule has 0 saturated heterocycles. The first-order valence-corrected chi connectivity index (χ1v) is 6.15. The van der Waals surface area contributed by atoms with Gasteiger partial charge in [-0.1, -0.05) is 12.1 Å². The lowest BCUT2D eigenvalue weighted by Gasteiger charge is -2.11. The van der Waals surface area contributed by atoms with Crippen LogP contribution in [0.1, 0.15) is 24.1 Å². The maximum Gasteiger partial charge on any atom is 0.219 e. The molecule has 0 aliphatic rings. The first kappa shape index (κ1) is 14.0. The van der Waals surface area contributed by atoms with E-state index in [4.69, 9.17) is 10.00 Å². The van der Waals surface area contributed by atoms with Gasteiger partial charge in [-0.25, -0.2) is 9.37 Å². The Morgan fingerprint density at radius 1 is 1.35 bits per heavy atom. The third kappa shape index (κ3) is 2.92. The Hall–Kier alpha value is -2.45. The Bertz CT molecular complexity index is 635. The van der Waals surface area contributed by atoms with E-state index in [1.807, 2.05) is 20.0 Å². The molecule has 1 unspecified atom stereocenters. The quantitative estimate of drug-likeness (QED) is 0.928. The SMILES string of the molecule is CNC(C)c1ccc(Oc2cccc(F)c2C#N)nc1.